The van der Waals surface area contributed by atoms with E-state index in [1.165, 1.54) is 64.2 Å². The molecule has 0 aromatic carbocycles. The van der Waals surface area contributed by atoms with Gasteiger partial charge in [-0.1, -0.05) is 91.9 Å². The van der Waals surface area contributed by atoms with Crippen molar-refractivity contribution in [1.29, 1.82) is 0 Å². The molecular formula is C20H43O2P. The summed E-state index contributed by atoms with van der Waals surface area (Å²) in [6, 6.07) is 0. The quantitative estimate of drug-likeness (QED) is 0.199. The summed E-state index contributed by atoms with van der Waals surface area (Å²) in [5.74, 6) is 0.470. The number of rotatable bonds is 17. The molecule has 23 heavy (non-hydrogen) atoms. The van der Waals surface area contributed by atoms with Gasteiger partial charge in [-0.25, -0.2) is 0 Å². The van der Waals surface area contributed by atoms with Gasteiger partial charge in [0.05, 0.1) is 6.61 Å². The van der Waals surface area contributed by atoms with E-state index < -0.39 is 7.37 Å². The zero-order chi connectivity index (χ0) is 17.4. The minimum absolute atomic E-state index is 0.470. The van der Waals surface area contributed by atoms with Crippen LogP contribution in [-0.4, -0.2) is 18.9 Å². The van der Waals surface area contributed by atoms with Gasteiger partial charge >= 0.3 is 0 Å². The molecule has 0 radical (unpaired) electrons. The molecule has 0 saturated carbocycles. The van der Waals surface area contributed by atoms with Crippen LogP contribution in [0.25, 0.3) is 0 Å². The highest BCUT2D eigenvalue weighted by Crippen LogP contribution is 2.49. The molecule has 0 heterocycles. The molecule has 0 saturated heterocycles. The molecule has 0 N–H and O–H groups in total. The largest absolute Gasteiger partial charge is 0.328 e. The second-order valence-electron chi connectivity index (χ2n) is 7.49. The van der Waals surface area contributed by atoms with Gasteiger partial charge in [0, 0.05) is 12.3 Å². The van der Waals surface area contributed by atoms with Gasteiger partial charge in [0.15, 0.2) is 0 Å². The third-order valence-corrected chi connectivity index (χ3v) is 6.96. The molecule has 0 aliphatic heterocycles. The van der Waals surface area contributed by atoms with Gasteiger partial charge in [-0.15, -0.1) is 0 Å². The van der Waals surface area contributed by atoms with Crippen molar-refractivity contribution in [1.82, 2.24) is 0 Å². The monoisotopic (exact) mass is 346 g/mol. The van der Waals surface area contributed by atoms with Crippen LogP contribution >= 0.6 is 7.37 Å². The highest BCUT2D eigenvalue weighted by atomic mass is 31.2. The molecule has 0 spiro atoms. The standard InChI is InChI=1S/C20H43O2P/c1-5-7-9-11-13-15-17-23(21,22-19-20(3)4)18-16-14-12-10-8-6-2/h20H,5-19H2,1-4H3. The van der Waals surface area contributed by atoms with Crippen molar-refractivity contribution in [2.75, 3.05) is 18.9 Å². The zero-order valence-corrected chi connectivity index (χ0v) is 17.3. The van der Waals surface area contributed by atoms with Crippen LogP contribution in [0.3, 0.4) is 0 Å². The molecule has 0 aromatic heterocycles. The van der Waals surface area contributed by atoms with Gasteiger partial charge in [0.1, 0.15) is 0 Å². The van der Waals surface area contributed by atoms with Crippen LogP contribution in [0, 0.1) is 5.92 Å². The van der Waals surface area contributed by atoms with Crippen LogP contribution in [0.2, 0.25) is 0 Å². The van der Waals surface area contributed by atoms with Gasteiger partial charge in [-0.05, 0) is 18.8 Å². The van der Waals surface area contributed by atoms with Crippen LogP contribution in [0.5, 0.6) is 0 Å². The Morgan fingerprint density at radius 3 is 1.48 bits per heavy atom. The second-order valence-corrected chi connectivity index (χ2v) is 10.3. The van der Waals surface area contributed by atoms with E-state index in [2.05, 4.69) is 27.7 Å². The Kier molecular flexibility index (Phi) is 15.8. The minimum Gasteiger partial charge on any atom is -0.328 e. The van der Waals surface area contributed by atoms with E-state index in [0.29, 0.717) is 12.5 Å². The van der Waals surface area contributed by atoms with E-state index in [1.807, 2.05) is 0 Å². The SMILES string of the molecule is CCCCCCCCP(=O)(CCCCCCCC)OCC(C)C. The topological polar surface area (TPSA) is 26.3 Å². The number of unbranched alkanes of at least 4 members (excludes halogenated alkanes) is 10. The highest BCUT2D eigenvalue weighted by Gasteiger charge is 2.22. The maximum atomic E-state index is 13.1. The average molecular weight is 347 g/mol. The first-order chi connectivity index (χ1) is 11.0. The molecule has 0 bridgehead atoms. The number of hydrogen-bond acceptors (Lipinski definition) is 2. The Bertz CT molecular complexity index is 269. The molecular weight excluding hydrogens is 303 g/mol. The Labute approximate surface area is 146 Å². The summed E-state index contributed by atoms with van der Waals surface area (Å²) in [4.78, 5) is 0. The second kappa shape index (κ2) is 15.7. The average Bonchev–Trinajstić information content (AvgIpc) is 2.52. The lowest BCUT2D eigenvalue weighted by atomic mass is 10.1. The molecule has 0 fully saturated rings. The molecule has 0 rings (SSSR count). The summed E-state index contributed by atoms with van der Waals surface area (Å²) in [6.07, 6.45) is 16.7. The van der Waals surface area contributed by atoms with Gasteiger partial charge in [0.25, 0.3) is 0 Å². The first kappa shape index (κ1) is 23.2. The molecule has 0 aromatic rings. The first-order valence-corrected chi connectivity index (χ1v) is 12.3. The van der Waals surface area contributed by atoms with Gasteiger partial charge in [-0.3, -0.25) is 4.57 Å². The van der Waals surface area contributed by atoms with Crippen molar-refractivity contribution in [3.05, 3.63) is 0 Å². The molecule has 0 aliphatic carbocycles. The van der Waals surface area contributed by atoms with E-state index in [1.54, 1.807) is 0 Å². The van der Waals surface area contributed by atoms with Gasteiger partial charge in [-0.2, -0.15) is 0 Å². The fourth-order valence-corrected chi connectivity index (χ4v) is 5.25. The van der Waals surface area contributed by atoms with Crippen molar-refractivity contribution in [3.8, 4) is 0 Å². The highest BCUT2D eigenvalue weighted by molar-refractivity contribution is 7.58. The third-order valence-electron chi connectivity index (χ3n) is 4.35. The lowest BCUT2D eigenvalue weighted by molar-refractivity contribution is 0.269. The summed E-state index contributed by atoms with van der Waals surface area (Å²) < 4.78 is 19.0. The lowest BCUT2D eigenvalue weighted by Gasteiger charge is -2.20. The van der Waals surface area contributed by atoms with Crippen LogP contribution in [0.1, 0.15) is 105 Å². The van der Waals surface area contributed by atoms with Gasteiger partial charge < -0.3 is 4.52 Å². The van der Waals surface area contributed by atoms with E-state index in [0.717, 1.165) is 25.2 Å². The fourth-order valence-electron chi connectivity index (χ4n) is 2.79. The smallest absolute Gasteiger partial charge is 0.203 e. The van der Waals surface area contributed by atoms with Crippen LogP contribution < -0.4 is 0 Å². The Morgan fingerprint density at radius 2 is 1.09 bits per heavy atom. The molecule has 0 amide bonds. The summed E-state index contributed by atoms with van der Waals surface area (Å²) in [6.45, 7) is 9.42. The molecule has 0 aliphatic rings. The van der Waals surface area contributed by atoms with Crippen LogP contribution in [0.4, 0.5) is 0 Å². The molecule has 0 atom stereocenters. The van der Waals surface area contributed by atoms with Gasteiger partial charge in [0.2, 0.25) is 7.37 Å². The van der Waals surface area contributed by atoms with E-state index in [9.17, 15) is 4.57 Å². The molecule has 3 heteroatoms. The lowest BCUT2D eigenvalue weighted by Crippen LogP contribution is -2.06. The maximum Gasteiger partial charge on any atom is 0.203 e. The first-order valence-electron chi connectivity index (χ1n) is 10.3. The zero-order valence-electron chi connectivity index (χ0n) is 16.4. The molecule has 140 valence electrons. The number of hydrogen-bond donors (Lipinski definition) is 0. The predicted octanol–water partition coefficient (Wildman–Crippen LogP) is 7.66. The summed E-state index contributed by atoms with van der Waals surface area (Å²) >= 11 is 0. The van der Waals surface area contributed by atoms with E-state index in [-0.39, 0.29) is 0 Å². The Hall–Kier alpha value is 0.190. The fraction of sp³-hybridized carbons (Fsp3) is 1.00. The van der Waals surface area contributed by atoms with Crippen molar-refractivity contribution < 1.29 is 9.09 Å². The van der Waals surface area contributed by atoms with Crippen molar-refractivity contribution in [3.63, 3.8) is 0 Å². The summed E-state index contributed by atoms with van der Waals surface area (Å²) in [5.41, 5.74) is 0. The normalized spacial score (nSPS) is 12.2. The van der Waals surface area contributed by atoms with Crippen LogP contribution in [-0.2, 0) is 9.09 Å². The van der Waals surface area contributed by atoms with E-state index in [4.69, 9.17) is 4.52 Å². The van der Waals surface area contributed by atoms with E-state index >= 15 is 0 Å². The van der Waals surface area contributed by atoms with Crippen molar-refractivity contribution >= 4 is 7.37 Å². The predicted molar refractivity (Wildman–Crippen MR) is 105 cm³/mol. The summed E-state index contributed by atoms with van der Waals surface area (Å²) in [7, 11) is -2.38. The van der Waals surface area contributed by atoms with Crippen LogP contribution in [0.15, 0.2) is 0 Å². The third kappa shape index (κ3) is 15.5. The van der Waals surface area contributed by atoms with Crippen molar-refractivity contribution in [2.24, 2.45) is 5.92 Å². The molecule has 0 unspecified atom stereocenters. The van der Waals surface area contributed by atoms with Crippen molar-refractivity contribution in [2.45, 2.75) is 105 Å². The summed E-state index contributed by atoms with van der Waals surface area (Å²) in [5, 5.41) is 0. The Morgan fingerprint density at radius 1 is 0.696 bits per heavy atom. The maximum absolute atomic E-state index is 13.1. The minimum atomic E-state index is -2.38. The Balaban J connectivity index is 4.01. The molecule has 2 nitrogen and oxygen atoms in total.